The van der Waals surface area contributed by atoms with Gasteiger partial charge in [-0.2, -0.15) is 5.10 Å². The molecule has 0 atom stereocenters. The summed E-state index contributed by atoms with van der Waals surface area (Å²) in [6, 6.07) is 17.6. The number of aromatic hydroxyl groups is 1. The number of aromatic amines is 1. The largest absolute Gasteiger partial charge is 0.494 e. The van der Waals surface area contributed by atoms with Gasteiger partial charge in [-0.25, -0.2) is 14.2 Å². The minimum Gasteiger partial charge on any atom is -0.494 e. The van der Waals surface area contributed by atoms with E-state index in [1.54, 1.807) is 52.3 Å². The monoisotopic (exact) mass is 523 g/mol. The number of H-pyrrole nitrogens is 1. The van der Waals surface area contributed by atoms with Crippen LogP contribution in [0.15, 0.2) is 84.1 Å². The number of anilines is 1. The molecule has 0 spiro atoms. The van der Waals surface area contributed by atoms with Gasteiger partial charge in [-0.15, -0.1) is 0 Å². The molecule has 0 saturated heterocycles. The molecule has 3 N–H and O–H groups in total. The van der Waals surface area contributed by atoms with Crippen molar-refractivity contribution in [3.63, 3.8) is 0 Å². The lowest BCUT2D eigenvalue weighted by Crippen LogP contribution is -2.32. The Morgan fingerprint density at radius 2 is 1.85 bits per heavy atom. The molecule has 0 radical (unpaired) electrons. The summed E-state index contributed by atoms with van der Waals surface area (Å²) >= 11 is 0. The van der Waals surface area contributed by atoms with Crippen LogP contribution in [-0.4, -0.2) is 49.1 Å². The standard InChI is InChI=1S/C29H22FN5O4/c30-20-5-2-17(3-6-20)27(26-22-8-4-19(29(38)39)15-23(22)33-28(26)37)32-21-7-9-24-18(14-21)10-13-35(24)25(36)16-34-12-1-11-31-34/h1-9,11-12,14-15,33,37H,10,13,16H2,(H,38,39). The first-order valence-electron chi connectivity index (χ1n) is 12.2. The van der Waals surface area contributed by atoms with Crippen molar-refractivity contribution in [1.82, 2.24) is 14.8 Å². The highest BCUT2D eigenvalue weighted by Gasteiger charge is 2.26. The number of carboxylic acids is 1. The summed E-state index contributed by atoms with van der Waals surface area (Å²) < 4.78 is 15.3. The van der Waals surface area contributed by atoms with Crippen molar-refractivity contribution in [2.45, 2.75) is 13.0 Å². The van der Waals surface area contributed by atoms with E-state index in [9.17, 15) is 24.2 Å². The van der Waals surface area contributed by atoms with E-state index in [4.69, 9.17) is 4.99 Å². The topological polar surface area (TPSA) is 124 Å². The van der Waals surface area contributed by atoms with Gasteiger partial charge in [-0.1, -0.05) is 6.07 Å². The number of nitrogens with one attached hydrogen (secondary N) is 1. The Kier molecular flexibility index (Phi) is 5.91. The summed E-state index contributed by atoms with van der Waals surface area (Å²) in [6.45, 7) is 0.688. The summed E-state index contributed by atoms with van der Waals surface area (Å²) in [5.41, 5.74) is 4.16. The molecule has 10 heteroatoms. The fourth-order valence-corrected chi connectivity index (χ4v) is 4.89. The SMILES string of the molecule is O=C(O)c1ccc2c(C(=Nc3ccc4c(c3)CCN4C(=O)Cn3cccn3)c3ccc(F)cc3)c(O)[nH]c2c1. The predicted octanol–water partition coefficient (Wildman–Crippen LogP) is 4.67. The number of hydrogen-bond donors (Lipinski definition) is 3. The summed E-state index contributed by atoms with van der Waals surface area (Å²) in [6.07, 6.45) is 4.03. The number of carboxylic acid groups (broad SMARTS) is 1. The zero-order valence-electron chi connectivity index (χ0n) is 20.5. The Morgan fingerprint density at radius 1 is 1.05 bits per heavy atom. The average Bonchev–Trinajstić information content (AvgIpc) is 3.65. The van der Waals surface area contributed by atoms with E-state index >= 15 is 0 Å². The minimum absolute atomic E-state index is 0.0647. The highest BCUT2D eigenvalue weighted by atomic mass is 19.1. The normalized spacial score (nSPS) is 13.2. The molecule has 1 amide bonds. The highest BCUT2D eigenvalue weighted by Crippen LogP contribution is 2.35. The van der Waals surface area contributed by atoms with Crippen molar-refractivity contribution in [2.75, 3.05) is 11.4 Å². The zero-order chi connectivity index (χ0) is 27.1. The van der Waals surface area contributed by atoms with Crippen molar-refractivity contribution in [1.29, 1.82) is 0 Å². The third kappa shape index (κ3) is 4.52. The van der Waals surface area contributed by atoms with Gasteiger partial charge < -0.3 is 20.1 Å². The first-order chi connectivity index (χ1) is 18.9. The molecule has 0 fully saturated rings. The number of halogens is 1. The molecule has 0 aliphatic carbocycles. The molecule has 194 valence electrons. The molecule has 2 aromatic heterocycles. The van der Waals surface area contributed by atoms with Crippen molar-refractivity contribution < 1.29 is 24.2 Å². The van der Waals surface area contributed by atoms with Crippen LogP contribution in [0.5, 0.6) is 5.88 Å². The summed E-state index contributed by atoms with van der Waals surface area (Å²) in [5, 5.41) is 24.9. The number of hydrogen-bond acceptors (Lipinski definition) is 5. The van der Waals surface area contributed by atoms with E-state index in [1.165, 1.54) is 24.3 Å². The maximum atomic E-state index is 13.8. The molecular formula is C29H22FN5O4. The maximum Gasteiger partial charge on any atom is 0.335 e. The van der Waals surface area contributed by atoms with Crippen LogP contribution >= 0.6 is 0 Å². The lowest BCUT2D eigenvalue weighted by atomic mass is 10.00. The Bertz CT molecular complexity index is 1760. The van der Waals surface area contributed by atoms with Crippen molar-refractivity contribution in [2.24, 2.45) is 4.99 Å². The molecule has 1 aliphatic heterocycles. The molecule has 3 aromatic carbocycles. The van der Waals surface area contributed by atoms with Gasteiger partial charge in [-0.05, 0) is 72.6 Å². The summed E-state index contributed by atoms with van der Waals surface area (Å²) in [5.74, 6) is -1.75. The van der Waals surface area contributed by atoms with Crippen LogP contribution < -0.4 is 4.90 Å². The van der Waals surface area contributed by atoms with Crippen LogP contribution in [0.25, 0.3) is 10.9 Å². The zero-order valence-corrected chi connectivity index (χ0v) is 20.5. The van der Waals surface area contributed by atoms with Gasteiger partial charge >= 0.3 is 5.97 Å². The van der Waals surface area contributed by atoms with Gasteiger partial charge in [0.1, 0.15) is 12.4 Å². The third-order valence-electron chi connectivity index (χ3n) is 6.74. The molecule has 0 bridgehead atoms. The summed E-state index contributed by atoms with van der Waals surface area (Å²) in [7, 11) is 0. The van der Waals surface area contributed by atoms with Crippen LogP contribution in [0.2, 0.25) is 0 Å². The lowest BCUT2D eigenvalue weighted by Gasteiger charge is -2.17. The molecule has 0 unspecified atom stereocenters. The van der Waals surface area contributed by atoms with E-state index in [0.717, 1.165) is 11.3 Å². The fraction of sp³-hybridized carbons (Fsp3) is 0.103. The number of aromatic carboxylic acids is 1. The Hall–Kier alpha value is -5.25. The van der Waals surface area contributed by atoms with Crippen LogP contribution in [0.4, 0.5) is 15.8 Å². The molecule has 0 saturated carbocycles. The average molecular weight is 524 g/mol. The lowest BCUT2D eigenvalue weighted by molar-refractivity contribution is -0.119. The highest BCUT2D eigenvalue weighted by molar-refractivity contribution is 6.22. The van der Waals surface area contributed by atoms with Gasteiger partial charge in [0.2, 0.25) is 5.91 Å². The quantitative estimate of drug-likeness (QED) is 0.279. The Labute approximate surface area is 221 Å². The number of fused-ring (bicyclic) bond motifs is 2. The smallest absolute Gasteiger partial charge is 0.335 e. The van der Waals surface area contributed by atoms with E-state index in [2.05, 4.69) is 10.1 Å². The number of carbonyl (C=O) groups excluding carboxylic acids is 1. The van der Waals surface area contributed by atoms with Crippen LogP contribution in [-0.2, 0) is 17.8 Å². The fourth-order valence-electron chi connectivity index (χ4n) is 4.89. The van der Waals surface area contributed by atoms with E-state index in [0.29, 0.717) is 46.4 Å². The molecule has 39 heavy (non-hydrogen) atoms. The third-order valence-corrected chi connectivity index (χ3v) is 6.74. The number of nitrogens with zero attached hydrogens (tertiary/aromatic N) is 4. The summed E-state index contributed by atoms with van der Waals surface area (Å²) in [4.78, 5) is 33.7. The molecule has 9 nitrogen and oxygen atoms in total. The second kappa shape index (κ2) is 9.56. The van der Waals surface area contributed by atoms with Gasteiger partial charge in [0.25, 0.3) is 0 Å². The van der Waals surface area contributed by atoms with Gasteiger partial charge in [0, 0.05) is 41.1 Å². The van der Waals surface area contributed by atoms with E-state index in [-0.39, 0.29) is 23.9 Å². The second-order valence-corrected chi connectivity index (χ2v) is 9.19. The molecular weight excluding hydrogens is 501 g/mol. The molecule has 6 rings (SSSR count). The molecule has 3 heterocycles. The number of amides is 1. The van der Waals surface area contributed by atoms with E-state index in [1.807, 2.05) is 12.1 Å². The van der Waals surface area contributed by atoms with Crippen molar-refractivity contribution in [3.8, 4) is 5.88 Å². The first kappa shape index (κ1) is 24.1. The molecule has 1 aliphatic rings. The van der Waals surface area contributed by atoms with Crippen LogP contribution in [0, 0.1) is 5.82 Å². The first-order valence-corrected chi connectivity index (χ1v) is 12.2. The second-order valence-electron chi connectivity index (χ2n) is 9.19. The predicted molar refractivity (Wildman–Crippen MR) is 143 cm³/mol. The van der Waals surface area contributed by atoms with Crippen LogP contribution in [0.1, 0.15) is 27.0 Å². The minimum atomic E-state index is -1.09. The van der Waals surface area contributed by atoms with E-state index < -0.39 is 11.8 Å². The maximum absolute atomic E-state index is 13.8. The molecule has 5 aromatic rings. The Balaban J connectivity index is 1.41. The van der Waals surface area contributed by atoms with Crippen molar-refractivity contribution in [3.05, 3.63) is 107 Å². The van der Waals surface area contributed by atoms with Crippen molar-refractivity contribution >= 4 is 39.9 Å². The number of rotatable bonds is 6. The number of carbonyl (C=O) groups is 2. The van der Waals surface area contributed by atoms with Gasteiger partial charge in [0.05, 0.1) is 22.5 Å². The Morgan fingerprint density at radius 3 is 2.59 bits per heavy atom. The van der Waals surface area contributed by atoms with Crippen LogP contribution in [0.3, 0.4) is 0 Å². The van der Waals surface area contributed by atoms with Gasteiger partial charge in [0.15, 0.2) is 5.88 Å². The number of aliphatic imine (C=N–C) groups is 1. The number of benzene rings is 3. The number of aromatic nitrogens is 3. The van der Waals surface area contributed by atoms with Gasteiger partial charge in [-0.3, -0.25) is 9.48 Å².